The summed E-state index contributed by atoms with van der Waals surface area (Å²) in [5, 5.41) is 3.86. The molecule has 1 aromatic heterocycles. The van der Waals surface area contributed by atoms with Gasteiger partial charge in [-0.15, -0.1) is 0 Å². The van der Waals surface area contributed by atoms with E-state index in [1.165, 1.54) is 13.3 Å². The highest BCUT2D eigenvalue weighted by molar-refractivity contribution is 7.99. The van der Waals surface area contributed by atoms with E-state index in [0.717, 1.165) is 17.4 Å². The third-order valence-electron chi connectivity index (χ3n) is 2.97. The minimum Gasteiger partial charge on any atom is -0.497 e. The second-order valence-electron chi connectivity index (χ2n) is 4.92. The van der Waals surface area contributed by atoms with E-state index in [-0.39, 0.29) is 5.75 Å². The molecule has 0 saturated heterocycles. The molecule has 0 saturated carbocycles. The molecule has 2 aromatic rings. The van der Waals surface area contributed by atoms with Gasteiger partial charge in [0.25, 0.3) is 0 Å². The first-order valence-electron chi connectivity index (χ1n) is 7.23. The second kappa shape index (κ2) is 8.61. The number of carbonyl (C=O) groups is 2. The molecular weight excluding hydrogens is 373 g/mol. The maximum absolute atomic E-state index is 12.0. The number of carbonyl (C=O) groups excluding carboxylic acids is 2. The molecule has 11 heteroatoms. The Labute approximate surface area is 150 Å². The van der Waals surface area contributed by atoms with Gasteiger partial charge in [0.2, 0.25) is 5.91 Å². The van der Waals surface area contributed by atoms with Crippen LogP contribution < -0.4 is 15.4 Å². The van der Waals surface area contributed by atoms with Gasteiger partial charge in [-0.1, -0.05) is 17.8 Å². The van der Waals surface area contributed by atoms with Crippen LogP contribution in [0.5, 0.6) is 5.75 Å². The quantitative estimate of drug-likeness (QED) is 0.742. The molecule has 2 rings (SSSR count). The molecule has 3 amide bonds. The lowest BCUT2D eigenvalue weighted by Crippen LogP contribution is -2.43. The molecule has 0 bridgehead atoms. The Balaban J connectivity index is 1.91. The summed E-state index contributed by atoms with van der Waals surface area (Å²) in [6.45, 7) is -1.51. The van der Waals surface area contributed by atoms with E-state index in [2.05, 4.69) is 4.98 Å². The van der Waals surface area contributed by atoms with Gasteiger partial charge in [0.05, 0.1) is 18.6 Å². The lowest BCUT2D eigenvalue weighted by molar-refractivity contribution is -0.124. The molecule has 140 valence electrons. The molecule has 0 spiro atoms. The fourth-order valence-electron chi connectivity index (χ4n) is 1.87. The van der Waals surface area contributed by atoms with Crippen molar-refractivity contribution in [3.63, 3.8) is 0 Å². The summed E-state index contributed by atoms with van der Waals surface area (Å²) in [4.78, 5) is 27.0. The summed E-state index contributed by atoms with van der Waals surface area (Å²) >= 11 is 1.03. The molecular formula is C15H15F3N4O3S. The summed E-state index contributed by atoms with van der Waals surface area (Å²) in [5.41, 5.74) is 0.757. The summed E-state index contributed by atoms with van der Waals surface area (Å²) in [6, 6.07) is 5.96. The van der Waals surface area contributed by atoms with Crippen LogP contribution in [0.2, 0.25) is 0 Å². The Morgan fingerprint density at radius 1 is 1.35 bits per heavy atom. The number of hydrogen-bond acceptors (Lipinski definition) is 5. The maximum Gasteiger partial charge on any atom is 0.405 e. The van der Waals surface area contributed by atoms with Gasteiger partial charge in [-0.2, -0.15) is 13.2 Å². The predicted molar refractivity (Wildman–Crippen MR) is 88.4 cm³/mol. The first-order valence-corrected chi connectivity index (χ1v) is 8.22. The summed E-state index contributed by atoms with van der Waals surface area (Å²) < 4.78 is 42.9. The third kappa shape index (κ3) is 5.99. The van der Waals surface area contributed by atoms with Crippen molar-refractivity contribution in [3.05, 3.63) is 36.7 Å². The highest BCUT2D eigenvalue weighted by Gasteiger charge is 2.28. The normalized spacial score (nSPS) is 11.1. The SMILES string of the molecule is COc1cccc(-n2ccnc2SCC(=O)NC(=O)NCC(F)(F)F)c1. The van der Waals surface area contributed by atoms with E-state index in [1.54, 1.807) is 34.3 Å². The van der Waals surface area contributed by atoms with Crippen LogP contribution in [-0.2, 0) is 4.79 Å². The zero-order valence-electron chi connectivity index (χ0n) is 13.5. The van der Waals surface area contributed by atoms with Crippen molar-refractivity contribution in [3.8, 4) is 11.4 Å². The van der Waals surface area contributed by atoms with Crippen LogP contribution >= 0.6 is 11.8 Å². The number of alkyl halides is 3. The van der Waals surface area contributed by atoms with Crippen molar-refractivity contribution in [1.29, 1.82) is 0 Å². The zero-order chi connectivity index (χ0) is 19.2. The van der Waals surface area contributed by atoms with Gasteiger partial charge >= 0.3 is 12.2 Å². The number of methoxy groups -OCH3 is 1. The average molecular weight is 388 g/mol. The average Bonchev–Trinajstić information content (AvgIpc) is 3.06. The Hall–Kier alpha value is -2.69. The molecule has 26 heavy (non-hydrogen) atoms. The molecule has 2 N–H and O–H groups in total. The number of imide groups is 1. The number of urea groups is 1. The molecule has 0 aliphatic heterocycles. The standard InChI is InChI=1S/C15H15F3N4O3S/c1-25-11-4-2-3-10(7-11)22-6-5-19-14(22)26-8-12(23)21-13(24)20-9-15(16,17)18/h2-7H,8-9H2,1H3,(H2,20,21,23,24). The highest BCUT2D eigenvalue weighted by Crippen LogP contribution is 2.23. The Kier molecular flexibility index (Phi) is 6.50. The summed E-state index contributed by atoms with van der Waals surface area (Å²) in [6.07, 6.45) is -1.32. The minimum absolute atomic E-state index is 0.194. The Morgan fingerprint density at radius 3 is 2.81 bits per heavy atom. The smallest absolute Gasteiger partial charge is 0.405 e. The molecule has 0 aliphatic rings. The van der Waals surface area contributed by atoms with Crippen LogP contribution in [0.3, 0.4) is 0 Å². The van der Waals surface area contributed by atoms with Gasteiger partial charge in [-0.05, 0) is 12.1 Å². The highest BCUT2D eigenvalue weighted by atomic mass is 32.2. The number of hydrogen-bond donors (Lipinski definition) is 2. The van der Waals surface area contributed by atoms with Crippen LogP contribution in [0, 0.1) is 0 Å². The van der Waals surface area contributed by atoms with E-state index >= 15 is 0 Å². The molecule has 0 atom stereocenters. The topological polar surface area (TPSA) is 85.2 Å². The van der Waals surface area contributed by atoms with Crippen molar-refractivity contribution >= 4 is 23.7 Å². The number of aromatic nitrogens is 2. The fourth-order valence-corrected chi connectivity index (χ4v) is 2.64. The van der Waals surface area contributed by atoms with Crippen molar-refractivity contribution in [2.45, 2.75) is 11.3 Å². The first kappa shape index (κ1) is 19.6. The van der Waals surface area contributed by atoms with E-state index in [9.17, 15) is 22.8 Å². The minimum atomic E-state index is -4.55. The largest absolute Gasteiger partial charge is 0.497 e. The number of imidazole rings is 1. The molecule has 1 aromatic carbocycles. The third-order valence-corrected chi connectivity index (χ3v) is 3.94. The van der Waals surface area contributed by atoms with Crippen molar-refractivity contribution in [2.24, 2.45) is 0 Å². The first-order chi connectivity index (χ1) is 12.3. The number of benzene rings is 1. The number of thioether (sulfide) groups is 1. The number of nitrogens with one attached hydrogen (secondary N) is 2. The maximum atomic E-state index is 12.0. The molecule has 0 unspecified atom stereocenters. The number of halogens is 3. The van der Waals surface area contributed by atoms with E-state index < -0.39 is 24.7 Å². The van der Waals surface area contributed by atoms with E-state index in [1.807, 2.05) is 11.4 Å². The lowest BCUT2D eigenvalue weighted by Gasteiger charge is -2.10. The summed E-state index contributed by atoms with van der Waals surface area (Å²) in [5.74, 6) is -0.290. The van der Waals surface area contributed by atoms with Crippen LogP contribution in [-0.4, -0.2) is 47.1 Å². The number of nitrogens with zero attached hydrogens (tertiary/aromatic N) is 2. The molecule has 0 radical (unpaired) electrons. The second-order valence-corrected chi connectivity index (χ2v) is 5.86. The van der Waals surface area contributed by atoms with Gasteiger partial charge in [0.15, 0.2) is 5.16 Å². The van der Waals surface area contributed by atoms with Gasteiger partial charge in [0.1, 0.15) is 12.3 Å². The Bertz CT molecular complexity index is 779. The molecule has 1 heterocycles. The molecule has 0 aliphatic carbocycles. The summed E-state index contributed by atoms with van der Waals surface area (Å²) in [7, 11) is 1.54. The molecule has 7 nitrogen and oxygen atoms in total. The van der Waals surface area contributed by atoms with Crippen molar-refractivity contribution in [1.82, 2.24) is 20.2 Å². The van der Waals surface area contributed by atoms with Crippen LogP contribution in [0.1, 0.15) is 0 Å². The predicted octanol–water partition coefficient (Wildman–Crippen LogP) is 2.36. The zero-order valence-corrected chi connectivity index (χ0v) is 14.4. The van der Waals surface area contributed by atoms with Gasteiger partial charge in [0, 0.05) is 18.5 Å². The number of amides is 3. The monoisotopic (exact) mass is 388 g/mol. The van der Waals surface area contributed by atoms with E-state index in [4.69, 9.17) is 4.74 Å². The molecule has 0 fully saturated rings. The fraction of sp³-hybridized carbons (Fsp3) is 0.267. The number of rotatable bonds is 6. The van der Waals surface area contributed by atoms with Crippen LogP contribution in [0.4, 0.5) is 18.0 Å². The van der Waals surface area contributed by atoms with Gasteiger partial charge in [-0.25, -0.2) is 9.78 Å². The van der Waals surface area contributed by atoms with Gasteiger partial charge < -0.3 is 10.1 Å². The van der Waals surface area contributed by atoms with E-state index in [0.29, 0.717) is 10.9 Å². The van der Waals surface area contributed by atoms with Crippen molar-refractivity contribution in [2.75, 3.05) is 19.4 Å². The van der Waals surface area contributed by atoms with Crippen LogP contribution in [0.15, 0.2) is 41.8 Å². The lowest BCUT2D eigenvalue weighted by atomic mass is 10.3. The van der Waals surface area contributed by atoms with Crippen LogP contribution in [0.25, 0.3) is 5.69 Å². The van der Waals surface area contributed by atoms with Gasteiger partial charge in [-0.3, -0.25) is 14.7 Å². The number of ether oxygens (including phenoxy) is 1. The van der Waals surface area contributed by atoms with Crippen molar-refractivity contribution < 1.29 is 27.5 Å². The Morgan fingerprint density at radius 2 is 2.12 bits per heavy atom.